The zero-order valence-corrected chi connectivity index (χ0v) is 15.6. The SMILES string of the molecule is CN=C(NCCC(=O)NC1CCS(=O)(=O)C1)NCCc1cccc(F)c1. The lowest BCUT2D eigenvalue weighted by molar-refractivity contribution is -0.121. The zero-order valence-electron chi connectivity index (χ0n) is 14.8. The van der Waals surface area contributed by atoms with E-state index in [0.29, 0.717) is 31.9 Å². The molecule has 0 saturated carbocycles. The van der Waals surface area contributed by atoms with Crippen molar-refractivity contribution in [2.24, 2.45) is 4.99 Å². The Kier molecular flexibility index (Phi) is 7.38. The van der Waals surface area contributed by atoms with Crippen molar-refractivity contribution in [1.82, 2.24) is 16.0 Å². The van der Waals surface area contributed by atoms with E-state index in [1.807, 2.05) is 6.07 Å². The molecule has 1 aromatic rings. The lowest BCUT2D eigenvalue weighted by atomic mass is 10.1. The maximum Gasteiger partial charge on any atom is 0.222 e. The Hall–Kier alpha value is -2.16. The fourth-order valence-electron chi connectivity index (χ4n) is 2.74. The van der Waals surface area contributed by atoms with Gasteiger partial charge in [0.2, 0.25) is 5.91 Å². The molecular formula is C17H25FN4O3S. The first-order valence-corrected chi connectivity index (χ1v) is 10.4. The minimum absolute atomic E-state index is 0.0233. The largest absolute Gasteiger partial charge is 0.356 e. The highest BCUT2D eigenvalue weighted by atomic mass is 32.2. The molecule has 1 fully saturated rings. The number of nitrogens with one attached hydrogen (secondary N) is 3. The molecule has 1 heterocycles. The van der Waals surface area contributed by atoms with E-state index >= 15 is 0 Å². The number of aliphatic imine (C=N–C) groups is 1. The number of carbonyl (C=O) groups is 1. The van der Waals surface area contributed by atoms with Crippen LogP contribution in [0.1, 0.15) is 18.4 Å². The predicted octanol–water partition coefficient (Wildman–Crippen LogP) is 0.227. The highest BCUT2D eigenvalue weighted by Gasteiger charge is 2.28. The molecule has 7 nitrogen and oxygen atoms in total. The molecule has 1 aromatic carbocycles. The first-order valence-electron chi connectivity index (χ1n) is 8.57. The first-order chi connectivity index (χ1) is 12.4. The molecular weight excluding hydrogens is 359 g/mol. The standard InChI is InChI=1S/C17H25FN4O3S/c1-19-17(20-8-5-13-3-2-4-14(18)11-13)21-9-6-16(23)22-15-7-10-26(24,25)12-15/h2-4,11,15H,5-10,12H2,1H3,(H,22,23)(H2,19,20,21). The van der Waals surface area contributed by atoms with Gasteiger partial charge in [-0.1, -0.05) is 12.1 Å². The van der Waals surface area contributed by atoms with Gasteiger partial charge in [0.1, 0.15) is 5.82 Å². The van der Waals surface area contributed by atoms with Crippen LogP contribution >= 0.6 is 0 Å². The van der Waals surface area contributed by atoms with Crippen molar-refractivity contribution < 1.29 is 17.6 Å². The number of halogens is 1. The number of benzene rings is 1. The van der Waals surface area contributed by atoms with Crippen LogP contribution in [0.25, 0.3) is 0 Å². The molecule has 1 aliphatic heterocycles. The Morgan fingerprint density at radius 1 is 1.31 bits per heavy atom. The Labute approximate surface area is 153 Å². The second-order valence-electron chi connectivity index (χ2n) is 6.22. The summed E-state index contributed by atoms with van der Waals surface area (Å²) < 4.78 is 35.9. The van der Waals surface area contributed by atoms with Crippen molar-refractivity contribution in [1.29, 1.82) is 0 Å². The second kappa shape index (κ2) is 9.51. The zero-order chi connectivity index (χ0) is 19.0. The summed E-state index contributed by atoms with van der Waals surface area (Å²) in [6, 6.07) is 6.14. The number of amides is 1. The van der Waals surface area contributed by atoms with Crippen LogP contribution in [0.4, 0.5) is 4.39 Å². The topological polar surface area (TPSA) is 99.7 Å². The van der Waals surface area contributed by atoms with Gasteiger partial charge in [0.05, 0.1) is 11.5 Å². The van der Waals surface area contributed by atoms with Crippen LogP contribution in [0.3, 0.4) is 0 Å². The van der Waals surface area contributed by atoms with Crippen LogP contribution in [0, 0.1) is 5.82 Å². The molecule has 1 saturated heterocycles. The molecule has 0 aromatic heterocycles. The van der Waals surface area contributed by atoms with E-state index in [9.17, 15) is 17.6 Å². The lowest BCUT2D eigenvalue weighted by Crippen LogP contribution is -2.41. The van der Waals surface area contributed by atoms with Gasteiger partial charge in [0.15, 0.2) is 15.8 Å². The fraction of sp³-hybridized carbons (Fsp3) is 0.529. The molecule has 1 aliphatic rings. The van der Waals surface area contributed by atoms with E-state index in [1.165, 1.54) is 12.1 Å². The Balaban J connectivity index is 1.63. The summed E-state index contributed by atoms with van der Waals surface area (Å²) >= 11 is 0. The third kappa shape index (κ3) is 6.99. The van der Waals surface area contributed by atoms with Gasteiger partial charge in [0, 0.05) is 32.6 Å². The van der Waals surface area contributed by atoms with Gasteiger partial charge in [-0.15, -0.1) is 0 Å². The molecule has 3 N–H and O–H groups in total. The van der Waals surface area contributed by atoms with E-state index in [1.54, 1.807) is 13.1 Å². The van der Waals surface area contributed by atoms with Gasteiger partial charge in [-0.2, -0.15) is 0 Å². The number of rotatable bonds is 7. The van der Waals surface area contributed by atoms with Gasteiger partial charge in [0.25, 0.3) is 0 Å². The van der Waals surface area contributed by atoms with E-state index in [4.69, 9.17) is 0 Å². The average molecular weight is 384 g/mol. The smallest absolute Gasteiger partial charge is 0.222 e. The van der Waals surface area contributed by atoms with Gasteiger partial charge in [-0.05, 0) is 30.5 Å². The third-order valence-corrected chi connectivity index (χ3v) is 5.83. The highest BCUT2D eigenvalue weighted by molar-refractivity contribution is 7.91. The number of nitrogens with zero attached hydrogens (tertiary/aromatic N) is 1. The molecule has 0 spiro atoms. The fourth-order valence-corrected chi connectivity index (χ4v) is 4.41. The van der Waals surface area contributed by atoms with Crippen LogP contribution < -0.4 is 16.0 Å². The molecule has 26 heavy (non-hydrogen) atoms. The summed E-state index contributed by atoms with van der Waals surface area (Å²) in [5.41, 5.74) is 0.888. The second-order valence-corrected chi connectivity index (χ2v) is 8.45. The molecule has 1 amide bonds. The summed E-state index contributed by atoms with van der Waals surface area (Å²) in [7, 11) is -1.37. The monoisotopic (exact) mass is 384 g/mol. The molecule has 1 unspecified atom stereocenters. The van der Waals surface area contributed by atoms with Crippen molar-refractivity contribution >= 4 is 21.7 Å². The van der Waals surface area contributed by atoms with Crippen molar-refractivity contribution in [3.05, 3.63) is 35.6 Å². The number of carbonyl (C=O) groups excluding carboxylic acids is 1. The Morgan fingerprint density at radius 3 is 2.73 bits per heavy atom. The molecule has 1 atom stereocenters. The normalized spacial score (nSPS) is 19.2. The lowest BCUT2D eigenvalue weighted by Gasteiger charge is -2.13. The number of guanidine groups is 1. The average Bonchev–Trinajstić information content (AvgIpc) is 2.92. The van der Waals surface area contributed by atoms with Crippen molar-refractivity contribution in [2.45, 2.75) is 25.3 Å². The van der Waals surface area contributed by atoms with Gasteiger partial charge < -0.3 is 16.0 Å². The van der Waals surface area contributed by atoms with Gasteiger partial charge >= 0.3 is 0 Å². The summed E-state index contributed by atoms with van der Waals surface area (Å²) in [6.45, 7) is 0.959. The minimum Gasteiger partial charge on any atom is -0.356 e. The Morgan fingerprint density at radius 2 is 2.08 bits per heavy atom. The van der Waals surface area contributed by atoms with E-state index in [-0.39, 0.29) is 35.7 Å². The van der Waals surface area contributed by atoms with Gasteiger partial charge in [-0.3, -0.25) is 9.79 Å². The molecule has 144 valence electrons. The van der Waals surface area contributed by atoms with Crippen LogP contribution in [0.15, 0.2) is 29.3 Å². The van der Waals surface area contributed by atoms with Crippen LogP contribution in [0.5, 0.6) is 0 Å². The van der Waals surface area contributed by atoms with Gasteiger partial charge in [-0.25, -0.2) is 12.8 Å². The van der Waals surface area contributed by atoms with Crippen molar-refractivity contribution in [2.75, 3.05) is 31.6 Å². The third-order valence-electron chi connectivity index (χ3n) is 4.06. The van der Waals surface area contributed by atoms with Crippen LogP contribution in [-0.2, 0) is 21.1 Å². The molecule has 0 radical (unpaired) electrons. The number of sulfone groups is 1. The number of hydrogen-bond acceptors (Lipinski definition) is 4. The Bertz CT molecular complexity index is 752. The quantitative estimate of drug-likeness (QED) is 0.462. The number of hydrogen-bond donors (Lipinski definition) is 3. The first kappa shape index (κ1) is 20.2. The van der Waals surface area contributed by atoms with E-state index in [0.717, 1.165) is 5.56 Å². The minimum atomic E-state index is -3.00. The predicted molar refractivity (Wildman–Crippen MR) is 99.3 cm³/mol. The van der Waals surface area contributed by atoms with Crippen molar-refractivity contribution in [3.8, 4) is 0 Å². The molecule has 2 rings (SSSR count). The molecule has 0 bridgehead atoms. The summed E-state index contributed by atoms with van der Waals surface area (Å²) in [5.74, 6) is 0.270. The summed E-state index contributed by atoms with van der Waals surface area (Å²) in [5, 5.41) is 8.87. The molecule has 9 heteroatoms. The summed E-state index contributed by atoms with van der Waals surface area (Å²) in [6.07, 6.45) is 1.35. The van der Waals surface area contributed by atoms with Crippen LogP contribution in [-0.4, -0.2) is 58.0 Å². The highest BCUT2D eigenvalue weighted by Crippen LogP contribution is 2.11. The van der Waals surface area contributed by atoms with Crippen molar-refractivity contribution in [3.63, 3.8) is 0 Å². The maximum atomic E-state index is 13.1. The van der Waals surface area contributed by atoms with Crippen LogP contribution in [0.2, 0.25) is 0 Å². The maximum absolute atomic E-state index is 13.1. The van der Waals surface area contributed by atoms with E-state index < -0.39 is 9.84 Å². The van der Waals surface area contributed by atoms with E-state index in [2.05, 4.69) is 20.9 Å². The molecule has 0 aliphatic carbocycles. The summed E-state index contributed by atoms with van der Waals surface area (Å²) in [4.78, 5) is 15.9.